The maximum Gasteiger partial charge on any atom is 0.157 e. The minimum Gasteiger partial charge on any atom is -0.377 e. The Morgan fingerprint density at radius 2 is 2.16 bits per heavy atom. The standard InChI is InChI=1S/C22H33NO2/c1-5-10-25-16-12-19-17-14-23(4)20-11-15(24)6-9-22(20,3)18(17)7-8-21(19,2)13-16/h5,11,16-19H,1,6-10,12-14H2,2-4H3/t16?,17-,18-,19+,21-,22-/m1/s1. The van der Waals surface area contributed by atoms with Crippen molar-refractivity contribution in [2.75, 3.05) is 20.2 Å². The Balaban J connectivity index is 1.62. The van der Waals surface area contributed by atoms with Crippen molar-refractivity contribution in [2.24, 2.45) is 28.6 Å². The minimum atomic E-state index is 0.187. The van der Waals surface area contributed by atoms with Crippen molar-refractivity contribution in [3.05, 3.63) is 24.4 Å². The Bertz CT molecular complexity index is 611. The summed E-state index contributed by atoms with van der Waals surface area (Å²) in [6.45, 7) is 10.5. The third-order valence-electron chi connectivity index (χ3n) is 8.10. The number of likely N-dealkylation sites (tertiary alicyclic amines) is 1. The molecule has 4 aliphatic rings. The van der Waals surface area contributed by atoms with Crippen LogP contribution in [0.2, 0.25) is 0 Å². The molecule has 0 aromatic heterocycles. The number of carbonyl (C=O) groups is 1. The molecular formula is C22H33NO2. The van der Waals surface area contributed by atoms with E-state index in [4.69, 9.17) is 4.74 Å². The maximum atomic E-state index is 12.0. The fourth-order valence-corrected chi connectivity index (χ4v) is 6.89. The molecule has 0 aromatic carbocycles. The number of allylic oxidation sites excluding steroid dienone is 2. The lowest BCUT2D eigenvalue weighted by Gasteiger charge is -2.59. The molecule has 0 bridgehead atoms. The van der Waals surface area contributed by atoms with E-state index in [1.807, 2.05) is 12.2 Å². The van der Waals surface area contributed by atoms with Gasteiger partial charge in [0, 0.05) is 37.2 Å². The molecule has 2 saturated carbocycles. The molecule has 4 rings (SSSR count). The van der Waals surface area contributed by atoms with E-state index in [0.717, 1.165) is 37.1 Å². The molecule has 3 heteroatoms. The highest BCUT2D eigenvalue weighted by Gasteiger charge is 2.59. The normalized spacial score (nSPS) is 46.1. The quantitative estimate of drug-likeness (QED) is 0.719. The molecule has 0 aromatic rings. The molecule has 25 heavy (non-hydrogen) atoms. The van der Waals surface area contributed by atoms with Gasteiger partial charge in [-0.2, -0.15) is 0 Å². The second-order valence-electron chi connectivity index (χ2n) is 9.55. The molecule has 3 nitrogen and oxygen atoms in total. The zero-order chi connectivity index (χ0) is 17.8. The van der Waals surface area contributed by atoms with E-state index >= 15 is 0 Å². The number of rotatable bonds is 3. The average molecular weight is 344 g/mol. The molecule has 0 amide bonds. The molecular weight excluding hydrogens is 310 g/mol. The van der Waals surface area contributed by atoms with Gasteiger partial charge in [0.1, 0.15) is 0 Å². The number of ether oxygens (including phenoxy) is 1. The Labute approximate surface area is 152 Å². The van der Waals surface area contributed by atoms with Gasteiger partial charge >= 0.3 is 0 Å². The van der Waals surface area contributed by atoms with Crippen LogP contribution in [0.4, 0.5) is 0 Å². The Kier molecular flexibility index (Phi) is 4.14. The molecule has 138 valence electrons. The van der Waals surface area contributed by atoms with Crippen LogP contribution in [0.15, 0.2) is 24.4 Å². The van der Waals surface area contributed by atoms with Crippen LogP contribution >= 0.6 is 0 Å². The largest absolute Gasteiger partial charge is 0.377 e. The summed E-state index contributed by atoms with van der Waals surface area (Å²) in [7, 11) is 2.20. The third-order valence-corrected chi connectivity index (χ3v) is 8.10. The van der Waals surface area contributed by atoms with Gasteiger partial charge in [-0.1, -0.05) is 19.9 Å². The van der Waals surface area contributed by atoms with Gasteiger partial charge in [-0.05, 0) is 55.3 Å². The molecule has 6 atom stereocenters. The molecule has 0 spiro atoms. The zero-order valence-electron chi connectivity index (χ0n) is 16.1. The highest BCUT2D eigenvalue weighted by Crippen LogP contribution is 2.64. The van der Waals surface area contributed by atoms with Gasteiger partial charge in [0.05, 0.1) is 12.7 Å². The number of nitrogens with zero attached hydrogens (tertiary/aromatic N) is 1. The molecule has 1 aliphatic heterocycles. The Morgan fingerprint density at radius 1 is 1.36 bits per heavy atom. The second-order valence-corrected chi connectivity index (χ2v) is 9.55. The van der Waals surface area contributed by atoms with Crippen LogP contribution in [0, 0.1) is 28.6 Å². The van der Waals surface area contributed by atoms with Crippen molar-refractivity contribution >= 4 is 5.78 Å². The van der Waals surface area contributed by atoms with Crippen molar-refractivity contribution in [1.82, 2.24) is 4.90 Å². The predicted molar refractivity (Wildman–Crippen MR) is 100 cm³/mol. The van der Waals surface area contributed by atoms with Crippen molar-refractivity contribution in [3.63, 3.8) is 0 Å². The molecule has 3 aliphatic carbocycles. The Morgan fingerprint density at radius 3 is 2.92 bits per heavy atom. The summed E-state index contributed by atoms with van der Waals surface area (Å²) in [4.78, 5) is 14.4. The van der Waals surface area contributed by atoms with Crippen molar-refractivity contribution in [3.8, 4) is 0 Å². The monoisotopic (exact) mass is 343 g/mol. The van der Waals surface area contributed by atoms with Crippen LogP contribution in [0.1, 0.15) is 52.4 Å². The summed E-state index contributed by atoms with van der Waals surface area (Å²) in [6.07, 6.45) is 11.0. The average Bonchev–Trinajstić information content (AvgIpc) is 2.91. The second kappa shape index (κ2) is 5.97. The Hall–Kier alpha value is -1.09. The van der Waals surface area contributed by atoms with Crippen molar-refractivity contribution < 1.29 is 9.53 Å². The highest BCUT2D eigenvalue weighted by molar-refractivity contribution is 5.91. The van der Waals surface area contributed by atoms with E-state index in [1.54, 1.807) is 0 Å². The fraction of sp³-hybridized carbons (Fsp3) is 0.773. The summed E-state index contributed by atoms with van der Waals surface area (Å²) in [5, 5.41) is 0. The van der Waals surface area contributed by atoms with Gasteiger partial charge in [0.15, 0.2) is 5.78 Å². The van der Waals surface area contributed by atoms with Gasteiger partial charge < -0.3 is 9.64 Å². The van der Waals surface area contributed by atoms with E-state index in [0.29, 0.717) is 23.9 Å². The molecule has 1 unspecified atom stereocenters. The predicted octanol–water partition coefficient (Wildman–Crippen LogP) is 4.20. The van der Waals surface area contributed by atoms with Crippen LogP contribution in [-0.2, 0) is 9.53 Å². The lowest BCUT2D eigenvalue weighted by atomic mass is 9.50. The van der Waals surface area contributed by atoms with Crippen LogP contribution in [0.5, 0.6) is 0 Å². The van der Waals surface area contributed by atoms with Gasteiger partial charge in [0.2, 0.25) is 0 Å². The molecule has 1 saturated heterocycles. The zero-order valence-corrected chi connectivity index (χ0v) is 16.1. The topological polar surface area (TPSA) is 29.5 Å². The summed E-state index contributed by atoms with van der Waals surface area (Å²) < 4.78 is 6.07. The SMILES string of the molecule is C=CCOC1C[C@H]2[C@@H]3CN(C)C4=CC(=O)CC[C@]4(C)[C@@H]3CC[C@]2(C)C1. The summed E-state index contributed by atoms with van der Waals surface area (Å²) >= 11 is 0. The molecule has 3 fully saturated rings. The summed E-state index contributed by atoms with van der Waals surface area (Å²) in [5.41, 5.74) is 1.93. The van der Waals surface area contributed by atoms with Crippen LogP contribution in [0.25, 0.3) is 0 Å². The van der Waals surface area contributed by atoms with E-state index in [9.17, 15) is 4.79 Å². The number of hydrogen-bond acceptors (Lipinski definition) is 3. The van der Waals surface area contributed by atoms with Crippen molar-refractivity contribution in [1.29, 1.82) is 0 Å². The van der Waals surface area contributed by atoms with Gasteiger partial charge in [-0.15, -0.1) is 6.58 Å². The number of carbonyl (C=O) groups excluding carboxylic acids is 1. The van der Waals surface area contributed by atoms with Gasteiger partial charge in [0.25, 0.3) is 0 Å². The third kappa shape index (κ3) is 2.61. The molecule has 0 N–H and O–H groups in total. The van der Waals surface area contributed by atoms with Crippen LogP contribution < -0.4 is 0 Å². The van der Waals surface area contributed by atoms with Gasteiger partial charge in [-0.3, -0.25) is 4.79 Å². The fourth-order valence-electron chi connectivity index (χ4n) is 6.89. The van der Waals surface area contributed by atoms with E-state index in [1.165, 1.54) is 31.4 Å². The first kappa shape index (κ1) is 17.3. The first-order valence-corrected chi connectivity index (χ1v) is 10.1. The van der Waals surface area contributed by atoms with E-state index in [-0.39, 0.29) is 5.41 Å². The maximum absolute atomic E-state index is 12.0. The van der Waals surface area contributed by atoms with E-state index in [2.05, 4.69) is 32.4 Å². The molecule has 1 heterocycles. The first-order valence-electron chi connectivity index (χ1n) is 10.1. The smallest absolute Gasteiger partial charge is 0.157 e. The number of piperidine rings is 1. The minimum absolute atomic E-state index is 0.187. The van der Waals surface area contributed by atoms with Crippen molar-refractivity contribution in [2.45, 2.75) is 58.5 Å². The van der Waals surface area contributed by atoms with Gasteiger partial charge in [-0.25, -0.2) is 0 Å². The number of hydrogen-bond donors (Lipinski definition) is 0. The number of fused-ring (bicyclic) bond motifs is 5. The molecule has 0 radical (unpaired) electrons. The summed E-state index contributed by atoms with van der Waals surface area (Å²) in [5.74, 6) is 2.52. The lowest BCUT2D eigenvalue weighted by Crippen LogP contribution is -2.56. The van der Waals surface area contributed by atoms with E-state index < -0.39 is 0 Å². The van der Waals surface area contributed by atoms with Crippen LogP contribution in [0.3, 0.4) is 0 Å². The lowest BCUT2D eigenvalue weighted by molar-refractivity contribution is -0.118. The van der Waals surface area contributed by atoms with Crippen LogP contribution in [-0.4, -0.2) is 37.0 Å². The summed E-state index contributed by atoms with van der Waals surface area (Å²) in [6, 6.07) is 0. The number of ketones is 1. The highest BCUT2D eigenvalue weighted by atomic mass is 16.5. The first-order chi connectivity index (χ1) is 11.9.